The first-order chi connectivity index (χ1) is 17.7. The predicted octanol–water partition coefficient (Wildman–Crippen LogP) is 3.50. The number of nitrogens with zero attached hydrogens (tertiary/aromatic N) is 4. The summed E-state index contributed by atoms with van der Waals surface area (Å²) in [5.41, 5.74) is 2.60. The minimum absolute atomic E-state index is 0.561. The zero-order valence-corrected chi connectivity index (χ0v) is 22.5. The Labute approximate surface area is 218 Å². The molecule has 198 valence electrons. The minimum atomic E-state index is 0.561. The second-order valence-corrected chi connectivity index (χ2v) is 10.4. The first-order valence-electron chi connectivity index (χ1n) is 13.9. The molecule has 2 aliphatic heterocycles. The third kappa shape index (κ3) is 8.77. The summed E-state index contributed by atoms with van der Waals surface area (Å²) in [6, 6.07) is 17.0. The Bertz CT molecular complexity index is 819. The van der Waals surface area contributed by atoms with Gasteiger partial charge in [-0.15, -0.1) is 0 Å². The van der Waals surface area contributed by atoms with E-state index in [1.165, 1.54) is 76.3 Å². The van der Waals surface area contributed by atoms with E-state index in [0.717, 1.165) is 37.4 Å². The van der Waals surface area contributed by atoms with Crippen LogP contribution in [-0.2, 0) is 12.8 Å². The van der Waals surface area contributed by atoms with Crippen LogP contribution in [0.5, 0.6) is 11.5 Å². The second kappa shape index (κ2) is 14.6. The van der Waals surface area contributed by atoms with E-state index in [-0.39, 0.29) is 0 Å². The van der Waals surface area contributed by atoms with Crippen LogP contribution in [-0.4, -0.2) is 112 Å². The lowest BCUT2D eigenvalue weighted by Crippen LogP contribution is -2.44. The number of para-hydroxylation sites is 2. The molecule has 0 unspecified atom stereocenters. The zero-order chi connectivity index (χ0) is 25.0. The number of aryl methyl sites for hydroxylation is 2. The van der Waals surface area contributed by atoms with Crippen LogP contribution in [0.4, 0.5) is 0 Å². The summed E-state index contributed by atoms with van der Waals surface area (Å²) in [4.78, 5) is 9.99. The predicted molar refractivity (Wildman–Crippen MR) is 148 cm³/mol. The molecule has 0 amide bonds. The standard InChI is InChI=1S/C30H46N4O2/c1-31-17-21-33(22-18-31)15-7-11-27-9-3-5-13-29(27)35-25-26-36-30-14-6-4-10-28(30)12-8-16-34-23-19-32(2)20-24-34/h3-6,9-10,13-14H,7-8,11-12,15-26H2,1-2H3. The van der Waals surface area contributed by atoms with E-state index in [1.54, 1.807) is 0 Å². The highest BCUT2D eigenvalue weighted by Crippen LogP contribution is 2.22. The quantitative estimate of drug-likeness (QED) is 0.396. The van der Waals surface area contributed by atoms with E-state index < -0.39 is 0 Å². The van der Waals surface area contributed by atoms with Gasteiger partial charge in [0, 0.05) is 52.4 Å². The number of benzene rings is 2. The van der Waals surface area contributed by atoms with Crippen LogP contribution in [0, 0.1) is 0 Å². The number of likely N-dealkylation sites (N-methyl/N-ethyl adjacent to an activating group) is 2. The Hall–Kier alpha value is -2.12. The molecule has 6 nitrogen and oxygen atoms in total. The van der Waals surface area contributed by atoms with Gasteiger partial charge < -0.3 is 29.1 Å². The highest BCUT2D eigenvalue weighted by Gasteiger charge is 2.15. The summed E-state index contributed by atoms with van der Waals surface area (Å²) in [5, 5.41) is 0. The molecule has 2 aliphatic rings. The highest BCUT2D eigenvalue weighted by molar-refractivity contribution is 5.34. The summed E-state index contributed by atoms with van der Waals surface area (Å²) in [7, 11) is 4.42. The van der Waals surface area contributed by atoms with E-state index in [2.05, 4.69) is 82.2 Å². The van der Waals surface area contributed by atoms with Crippen molar-refractivity contribution in [3.05, 3.63) is 59.7 Å². The van der Waals surface area contributed by atoms with Gasteiger partial charge >= 0.3 is 0 Å². The van der Waals surface area contributed by atoms with Gasteiger partial charge in [0.25, 0.3) is 0 Å². The molecule has 4 rings (SSSR count). The average molecular weight is 495 g/mol. The van der Waals surface area contributed by atoms with Crippen LogP contribution in [0.2, 0.25) is 0 Å². The smallest absolute Gasteiger partial charge is 0.122 e. The second-order valence-electron chi connectivity index (χ2n) is 10.4. The molecule has 2 aromatic rings. The van der Waals surface area contributed by atoms with Gasteiger partial charge in [0.05, 0.1) is 0 Å². The number of rotatable bonds is 13. The lowest BCUT2D eigenvalue weighted by atomic mass is 10.1. The fourth-order valence-corrected chi connectivity index (χ4v) is 5.13. The molecule has 0 bridgehead atoms. The zero-order valence-electron chi connectivity index (χ0n) is 22.5. The Balaban J connectivity index is 1.17. The van der Waals surface area contributed by atoms with Gasteiger partial charge in [-0.1, -0.05) is 36.4 Å². The maximum atomic E-state index is 6.17. The molecular weight excluding hydrogens is 448 g/mol. The molecule has 0 aliphatic carbocycles. The molecule has 0 aromatic heterocycles. The lowest BCUT2D eigenvalue weighted by molar-refractivity contribution is 0.152. The van der Waals surface area contributed by atoms with Gasteiger partial charge in [0.2, 0.25) is 0 Å². The number of hydrogen-bond donors (Lipinski definition) is 0. The first-order valence-corrected chi connectivity index (χ1v) is 13.9. The maximum Gasteiger partial charge on any atom is 0.122 e. The lowest BCUT2D eigenvalue weighted by Gasteiger charge is -2.32. The Morgan fingerprint density at radius 1 is 0.556 bits per heavy atom. The maximum absolute atomic E-state index is 6.17. The number of piperazine rings is 2. The molecule has 0 atom stereocenters. The van der Waals surface area contributed by atoms with Gasteiger partial charge in [-0.3, -0.25) is 0 Å². The van der Waals surface area contributed by atoms with E-state index in [1.807, 2.05) is 0 Å². The van der Waals surface area contributed by atoms with Crippen LogP contribution >= 0.6 is 0 Å². The van der Waals surface area contributed by atoms with Crippen LogP contribution in [0.3, 0.4) is 0 Å². The largest absolute Gasteiger partial charge is 0.490 e. The van der Waals surface area contributed by atoms with Crippen molar-refractivity contribution < 1.29 is 9.47 Å². The summed E-state index contributed by atoms with van der Waals surface area (Å²) in [6.45, 7) is 12.9. The van der Waals surface area contributed by atoms with E-state index in [0.29, 0.717) is 13.2 Å². The molecule has 0 radical (unpaired) electrons. The summed E-state index contributed by atoms with van der Waals surface area (Å²) >= 11 is 0. The van der Waals surface area contributed by atoms with Crippen molar-refractivity contribution in [2.45, 2.75) is 25.7 Å². The van der Waals surface area contributed by atoms with Crippen LogP contribution < -0.4 is 9.47 Å². The van der Waals surface area contributed by atoms with Crippen LogP contribution in [0.15, 0.2) is 48.5 Å². The molecule has 6 heteroatoms. The van der Waals surface area contributed by atoms with Crippen LogP contribution in [0.1, 0.15) is 24.0 Å². The Morgan fingerprint density at radius 3 is 1.36 bits per heavy atom. The summed E-state index contributed by atoms with van der Waals surface area (Å²) in [5.74, 6) is 2.00. The van der Waals surface area contributed by atoms with Gasteiger partial charge in [-0.25, -0.2) is 0 Å². The molecule has 2 saturated heterocycles. The molecular formula is C30H46N4O2. The molecule has 0 N–H and O–H groups in total. The monoisotopic (exact) mass is 494 g/mol. The Kier molecular flexibility index (Phi) is 10.9. The van der Waals surface area contributed by atoms with Crippen molar-refractivity contribution in [3.63, 3.8) is 0 Å². The third-order valence-electron chi connectivity index (χ3n) is 7.58. The van der Waals surface area contributed by atoms with Crippen molar-refractivity contribution in [1.29, 1.82) is 0 Å². The van der Waals surface area contributed by atoms with E-state index in [4.69, 9.17) is 9.47 Å². The van der Waals surface area contributed by atoms with E-state index in [9.17, 15) is 0 Å². The van der Waals surface area contributed by atoms with Gasteiger partial charge in [0.15, 0.2) is 0 Å². The Morgan fingerprint density at radius 2 is 0.944 bits per heavy atom. The van der Waals surface area contributed by atoms with Crippen molar-refractivity contribution in [1.82, 2.24) is 19.6 Å². The first kappa shape index (κ1) is 26.9. The molecule has 36 heavy (non-hydrogen) atoms. The topological polar surface area (TPSA) is 31.4 Å². The van der Waals surface area contributed by atoms with Crippen LogP contribution in [0.25, 0.3) is 0 Å². The van der Waals surface area contributed by atoms with Gasteiger partial charge in [-0.05, 0) is 76.1 Å². The minimum Gasteiger partial charge on any atom is -0.490 e. The molecule has 0 saturated carbocycles. The SMILES string of the molecule is CN1CCN(CCCc2ccccc2OCCOc2ccccc2CCCN2CCN(C)CC2)CC1. The molecule has 2 heterocycles. The van der Waals surface area contributed by atoms with Gasteiger partial charge in [0.1, 0.15) is 24.7 Å². The average Bonchev–Trinajstić information content (AvgIpc) is 2.90. The third-order valence-corrected chi connectivity index (χ3v) is 7.58. The number of ether oxygens (including phenoxy) is 2. The molecule has 2 fully saturated rings. The highest BCUT2D eigenvalue weighted by atomic mass is 16.5. The van der Waals surface area contributed by atoms with Crippen molar-refractivity contribution in [2.24, 2.45) is 0 Å². The number of hydrogen-bond acceptors (Lipinski definition) is 6. The van der Waals surface area contributed by atoms with Crippen molar-refractivity contribution in [2.75, 3.05) is 92.8 Å². The van der Waals surface area contributed by atoms with Crippen molar-refractivity contribution >= 4 is 0 Å². The summed E-state index contributed by atoms with van der Waals surface area (Å²) in [6.07, 6.45) is 4.45. The molecule has 0 spiro atoms. The van der Waals surface area contributed by atoms with E-state index >= 15 is 0 Å². The van der Waals surface area contributed by atoms with Crippen molar-refractivity contribution in [3.8, 4) is 11.5 Å². The fraction of sp³-hybridized carbons (Fsp3) is 0.600. The normalized spacial score (nSPS) is 18.4. The van der Waals surface area contributed by atoms with Gasteiger partial charge in [-0.2, -0.15) is 0 Å². The molecule has 2 aromatic carbocycles. The fourth-order valence-electron chi connectivity index (χ4n) is 5.13. The summed E-state index contributed by atoms with van der Waals surface area (Å²) < 4.78 is 12.3.